The Morgan fingerprint density at radius 2 is 1.82 bits per heavy atom. The number of aryl methyl sites for hydroxylation is 2. The molecule has 0 bridgehead atoms. The number of fused-ring (bicyclic) bond motifs is 1. The van der Waals surface area contributed by atoms with Crippen LogP contribution in [0.4, 0.5) is 5.69 Å². The van der Waals surface area contributed by atoms with Crippen LogP contribution in [0.3, 0.4) is 0 Å². The lowest BCUT2D eigenvalue weighted by Crippen LogP contribution is -2.34. The van der Waals surface area contributed by atoms with Crippen molar-refractivity contribution in [3.63, 3.8) is 0 Å². The Morgan fingerprint density at radius 3 is 2.56 bits per heavy atom. The number of aromatic nitrogens is 1. The Hall–Kier alpha value is -3.71. The number of benzene rings is 3. The van der Waals surface area contributed by atoms with Gasteiger partial charge in [0.05, 0.1) is 6.10 Å². The van der Waals surface area contributed by atoms with Crippen LogP contribution in [0, 0.1) is 13.8 Å². The van der Waals surface area contributed by atoms with Gasteiger partial charge in [-0.1, -0.05) is 13.0 Å². The Kier molecular flexibility index (Phi) is 6.93. The van der Waals surface area contributed by atoms with Gasteiger partial charge in [0.15, 0.2) is 10.7 Å². The number of hydrogen-bond donors (Lipinski definition) is 2. The van der Waals surface area contributed by atoms with E-state index < -0.39 is 0 Å². The van der Waals surface area contributed by atoms with Crippen molar-refractivity contribution in [1.82, 2.24) is 10.3 Å². The molecule has 174 valence electrons. The number of thiocarbonyl (C=S) groups is 1. The summed E-state index contributed by atoms with van der Waals surface area (Å²) in [5.74, 6) is 0.958. The number of carbonyl (C=O) groups is 1. The van der Waals surface area contributed by atoms with Crippen molar-refractivity contribution in [1.29, 1.82) is 0 Å². The highest BCUT2D eigenvalue weighted by molar-refractivity contribution is 7.80. The van der Waals surface area contributed by atoms with Crippen LogP contribution in [-0.4, -0.2) is 22.1 Å². The van der Waals surface area contributed by atoms with Crippen molar-refractivity contribution in [3.05, 3.63) is 77.4 Å². The Morgan fingerprint density at radius 1 is 1.09 bits per heavy atom. The molecule has 0 spiro atoms. The van der Waals surface area contributed by atoms with E-state index in [9.17, 15) is 4.79 Å². The molecule has 0 saturated carbocycles. The van der Waals surface area contributed by atoms with Crippen LogP contribution in [0.2, 0.25) is 0 Å². The van der Waals surface area contributed by atoms with Gasteiger partial charge in [-0.25, -0.2) is 4.98 Å². The van der Waals surface area contributed by atoms with Crippen molar-refractivity contribution in [2.45, 2.75) is 40.2 Å². The number of rotatable bonds is 6. The molecule has 1 aromatic heterocycles. The van der Waals surface area contributed by atoms with E-state index >= 15 is 0 Å². The fourth-order valence-corrected chi connectivity index (χ4v) is 3.58. The van der Waals surface area contributed by atoms with E-state index in [2.05, 4.69) is 29.5 Å². The Labute approximate surface area is 204 Å². The Bertz CT molecular complexity index is 1310. The van der Waals surface area contributed by atoms with Crippen molar-refractivity contribution >= 4 is 40.0 Å². The summed E-state index contributed by atoms with van der Waals surface area (Å²) < 4.78 is 11.7. The summed E-state index contributed by atoms with van der Waals surface area (Å²) in [4.78, 5) is 17.2. The number of amides is 1. The first-order valence-corrected chi connectivity index (χ1v) is 11.6. The molecule has 4 rings (SSSR count). The molecule has 6 nitrogen and oxygen atoms in total. The van der Waals surface area contributed by atoms with Gasteiger partial charge in [0.2, 0.25) is 5.89 Å². The number of hydrogen-bond acceptors (Lipinski definition) is 5. The number of carbonyl (C=O) groups excluding carboxylic acids is 1. The summed E-state index contributed by atoms with van der Waals surface area (Å²) in [6.07, 6.45) is 1.03. The topological polar surface area (TPSA) is 76.4 Å². The van der Waals surface area contributed by atoms with Crippen LogP contribution in [0.5, 0.6) is 5.75 Å². The molecule has 0 aliphatic heterocycles. The summed E-state index contributed by atoms with van der Waals surface area (Å²) in [7, 11) is 0. The average molecular weight is 474 g/mol. The minimum atomic E-state index is -0.298. The molecule has 3 aromatic carbocycles. The van der Waals surface area contributed by atoms with Gasteiger partial charge in [-0.2, -0.15) is 0 Å². The minimum Gasteiger partial charge on any atom is -0.491 e. The molecular formula is C27H27N3O3S. The molecule has 0 fully saturated rings. The third-order valence-electron chi connectivity index (χ3n) is 5.63. The van der Waals surface area contributed by atoms with Gasteiger partial charge in [-0.15, -0.1) is 0 Å². The summed E-state index contributed by atoms with van der Waals surface area (Å²) in [6.45, 7) is 8.17. The summed E-state index contributed by atoms with van der Waals surface area (Å²) in [5.41, 5.74) is 5.91. The molecule has 34 heavy (non-hydrogen) atoms. The van der Waals surface area contributed by atoms with Crippen molar-refractivity contribution < 1.29 is 13.9 Å². The molecule has 1 heterocycles. The highest BCUT2D eigenvalue weighted by Gasteiger charge is 2.12. The van der Waals surface area contributed by atoms with Gasteiger partial charge in [0.1, 0.15) is 11.3 Å². The zero-order chi connectivity index (χ0) is 24.2. The molecule has 2 N–H and O–H groups in total. The monoisotopic (exact) mass is 473 g/mol. The lowest BCUT2D eigenvalue weighted by Gasteiger charge is -2.13. The second kappa shape index (κ2) is 10.1. The highest BCUT2D eigenvalue weighted by atomic mass is 32.1. The fraction of sp³-hybridized carbons (Fsp3) is 0.222. The van der Waals surface area contributed by atoms with Crippen molar-refractivity contribution in [2.75, 3.05) is 5.32 Å². The molecule has 4 aromatic rings. The summed E-state index contributed by atoms with van der Waals surface area (Å²) in [5, 5.41) is 5.97. The van der Waals surface area contributed by atoms with E-state index in [-0.39, 0.29) is 17.1 Å². The predicted octanol–water partition coefficient (Wildman–Crippen LogP) is 6.42. The van der Waals surface area contributed by atoms with Gasteiger partial charge < -0.3 is 14.5 Å². The second-order valence-electron chi connectivity index (χ2n) is 8.27. The van der Waals surface area contributed by atoms with E-state index in [1.54, 1.807) is 24.3 Å². The number of anilines is 1. The SMILES string of the molecule is CC[C@H](C)Oc1ccc(C(=O)NC(=S)Nc2cccc(-c3nc4cc(C)c(C)cc4o3)c2)cc1. The van der Waals surface area contributed by atoms with Gasteiger partial charge >= 0.3 is 0 Å². The lowest BCUT2D eigenvalue weighted by atomic mass is 10.1. The molecule has 0 saturated heterocycles. The van der Waals surface area contributed by atoms with Crippen molar-refractivity contribution in [2.24, 2.45) is 0 Å². The molecule has 7 heteroatoms. The summed E-state index contributed by atoms with van der Waals surface area (Å²) >= 11 is 5.35. The number of ether oxygens (including phenoxy) is 1. The van der Waals surface area contributed by atoms with Gasteiger partial charge in [-0.05, 0) is 105 Å². The number of nitrogens with zero attached hydrogens (tertiary/aromatic N) is 1. The van der Waals surface area contributed by atoms with Crippen LogP contribution in [0.25, 0.3) is 22.6 Å². The van der Waals surface area contributed by atoms with E-state index in [0.717, 1.165) is 40.1 Å². The predicted molar refractivity (Wildman–Crippen MR) is 139 cm³/mol. The highest BCUT2D eigenvalue weighted by Crippen LogP contribution is 2.28. The fourth-order valence-electron chi connectivity index (χ4n) is 3.37. The van der Waals surface area contributed by atoms with Gasteiger partial charge in [-0.3, -0.25) is 10.1 Å². The van der Waals surface area contributed by atoms with Crippen LogP contribution in [0.15, 0.2) is 65.1 Å². The lowest BCUT2D eigenvalue weighted by molar-refractivity contribution is 0.0977. The summed E-state index contributed by atoms with van der Waals surface area (Å²) in [6, 6.07) is 18.5. The zero-order valence-electron chi connectivity index (χ0n) is 19.6. The van der Waals surface area contributed by atoms with E-state index in [1.807, 2.05) is 50.2 Å². The molecule has 0 radical (unpaired) electrons. The molecule has 0 unspecified atom stereocenters. The molecule has 1 atom stereocenters. The van der Waals surface area contributed by atoms with Crippen LogP contribution < -0.4 is 15.4 Å². The number of oxazole rings is 1. The molecule has 0 aliphatic rings. The first kappa shape index (κ1) is 23.4. The van der Waals surface area contributed by atoms with Crippen LogP contribution >= 0.6 is 12.2 Å². The number of nitrogens with one attached hydrogen (secondary N) is 2. The normalized spacial score (nSPS) is 11.8. The quantitative estimate of drug-likeness (QED) is 0.315. The molecule has 1 amide bonds. The minimum absolute atomic E-state index is 0.121. The Balaban J connectivity index is 1.42. The zero-order valence-corrected chi connectivity index (χ0v) is 20.5. The maximum absolute atomic E-state index is 12.6. The molecule has 0 aliphatic carbocycles. The maximum atomic E-state index is 12.6. The standard InChI is InChI=1S/C27H27N3O3S/c1-5-18(4)32-22-11-9-19(10-12-22)25(31)30-27(34)28-21-8-6-7-20(15-21)26-29-23-13-16(2)17(3)14-24(23)33-26/h6-15,18H,5H2,1-4H3,(H2,28,30,31,34)/t18-/m0/s1. The van der Waals surface area contributed by atoms with E-state index in [1.165, 1.54) is 5.56 Å². The second-order valence-corrected chi connectivity index (χ2v) is 8.68. The maximum Gasteiger partial charge on any atom is 0.257 e. The van der Waals surface area contributed by atoms with E-state index in [0.29, 0.717) is 11.5 Å². The van der Waals surface area contributed by atoms with Gasteiger partial charge in [0.25, 0.3) is 5.91 Å². The third kappa shape index (κ3) is 5.43. The van der Waals surface area contributed by atoms with Crippen molar-refractivity contribution in [3.8, 4) is 17.2 Å². The smallest absolute Gasteiger partial charge is 0.257 e. The van der Waals surface area contributed by atoms with E-state index in [4.69, 9.17) is 21.4 Å². The largest absolute Gasteiger partial charge is 0.491 e. The van der Waals surface area contributed by atoms with Crippen LogP contribution in [-0.2, 0) is 0 Å². The average Bonchev–Trinajstić information content (AvgIpc) is 3.22. The van der Waals surface area contributed by atoms with Crippen LogP contribution in [0.1, 0.15) is 41.8 Å². The third-order valence-corrected chi connectivity index (χ3v) is 5.83. The first-order chi connectivity index (χ1) is 16.3. The van der Waals surface area contributed by atoms with Gasteiger partial charge in [0, 0.05) is 16.8 Å². The molecular weight excluding hydrogens is 446 g/mol. The first-order valence-electron chi connectivity index (χ1n) is 11.2.